The number of hydrogen-bond acceptors (Lipinski definition) is 5. The van der Waals surface area contributed by atoms with Crippen molar-refractivity contribution in [1.29, 1.82) is 0 Å². The lowest BCUT2D eigenvalue weighted by molar-refractivity contribution is -0.136. The Morgan fingerprint density at radius 1 is 1.00 bits per heavy atom. The van der Waals surface area contributed by atoms with Crippen molar-refractivity contribution >= 4 is 23.7 Å². The quantitative estimate of drug-likeness (QED) is 0.465. The van der Waals surface area contributed by atoms with Gasteiger partial charge in [-0.3, -0.25) is 9.59 Å². The molecule has 0 aromatic heterocycles. The van der Waals surface area contributed by atoms with Crippen molar-refractivity contribution < 1.29 is 19.1 Å². The van der Waals surface area contributed by atoms with E-state index in [2.05, 4.69) is 29.7 Å². The molecule has 2 amide bonds. The van der Waals surface area contributed by atoms with E-state index in [1.807, 2.05) is 12.1 Å². The third kappa shape index (κ3) is 5.57. The minimum atomic E-state index is -0.874. The van der Waals surface area contributed by atoms with Crippen LogP contribution in [-0.4, -0.2) is 32.2 Å². The van der Waals surface area contributed by atoms with Crippen molar-refractivity contribution in [1.82, 2.24) is 5.43 Å². The van der Waals surface area contributed by atoms with E-state index < -0.39 is 11.8 Å². The van der Waals surface area contributed by atoms with Crippen LogP contribution in [0.1, 0.15) is 30.9 Å². The summed E-state index contributed by atoms with van der Waals surface area (Å²) < 4.78 is 10.4. The SMILES string of the molecule is COc1ccc(OC)c(/C=N\NC(=O)C(=O)Nc2ccc(C(C)C)cc2)c1. The van der Waals surface area contributed by atoms with Gasteiger partial charge in [-0.2, -0.15) is 5.10 Å². The molecule has 27 heavy (non-hydrogen) atoms. The molecule has 2 aromatic carbocycles. The maximum Gasteiger partial charge on any atom is 0.329 e. The molecule has 142 valence electrons. The molecule has 0 atom stereocenters. The molecule has 0 unspecified atom stereocenters. The third-order valence-corrected chi connectivity index (χ3v) is 3.85. The highest BCUT2D eigenvalue weighted by Gasteiger charge is 2.13. The van der Waals surface area contributed by atoms with Crippen LogP contribution in [0.2, 0.25) is 0 Å². The molecule has 2 N–H and O–H groups in total. The van der Waals surface area contributed by atoms with E-state index in [-0.39, 0.29) is 0 Å². The number of nitrogens with one attached hydrogen (secondary N) is 2. The van der Waals surface area contributed by atoms with Gasteiger partial charge in [-0.25, -0.2) is 5.43 Å². The summed E-state index contributed by atoms with van der Waals surface area (Å²) in [7, 11) is 3.07. The highest BCUT2D eigenvalue weighted by atomic mass is 16.5. The molecule has 7 heteroatoms. The van der Waals surface area contributed by atoms with Crippen LogP contribution < -0.4 is 20.2 Å². The Bertz CT molecular complexity index is 830. The highest BCUT2D eigenvalue weighted by molar-refractivity contribution is 6.39. The predicted molar refractivity (Wildman–Crippen MR) is 104 cm³/mol. The zero-order chi connectivity index (χ0) is 19.8. The van der Waals surface area contributed by atoms with E-state index in [1.165, 1.54) is 13.3 Å². The number of anilines is 1. The summed E-state index contributed by atoms with van der Waals surface area (Å²) in [5, 5.41) is 6.33. The van der Waals surface area contributed by atoms with Gasteiger partial charge in [0.2, 0.25) is 0 Å². The fourth-order valence-electron chi connectivity index (χ4n) is 2.29. The van der Waals surface area contributed by atoms with Crippen molar-refractivity contribution in [2.45, 2.75) is 19.8 Å². The van der Waals surface area contributed by atoms with Crippen LogP contribution in [0.25, 0.3) is 0 Å². The summed E-state index contributed by atoms with van der Waals surface area (Å²) in [5.41, 5.74) is 4.48. The van der Waals surface area contributed by atoms with Gasteiger partial charge in [0.05, 0.1) is 20.4 Å². The number of benzene rings is 2. The van der Waals surface area contributed by atoms with E-state index in [1.54, 1.807) is 37.4 Å². The molecule has 0 heterocycles. The van der Waals surface area contributed by atoms with Crippen LogP contribution in [-0.2, 0) is 9.59 Å². The zero-order valence-electron chi connectivity index (χ0n) is 15.8. The minimum Gasteiger partial charge on any atom is -0.497 e. The lowest BCUT2D eigenvalue weighted by Gasteiger charge is -2.08. The number of ether oxygens (including phenoxy) is 2. The van der Waals surface area contributed by atoms with Crippen LogP contribution in [0, 0.1) is 0 Å². The highest BCUT2D eigenvalue weighted by Crippen LogP contribution is 2.22. The van der Waals surface area contributed by atoms with Gasteiger partial charge >= 0.3 is 11.8 Å². The number of hydrazone groups is 1. The largest absolute Gasteiger partial charge is 0.497 e. The number of methoxy groups -OCH3 is 2. The molecule has 0 saturated carbocycles. The minimum absolute atomic E-state index is 0.390. The van der Waals surface area contributed by atoms with Gasteiger partial charge in [-0.05, 0) is 41.8 Å². The molecule has 2 rings (SSSR count). The Morgan fingerprint density at radius 2 is 1.70 bits per heavy atom. The standard InChI is InChI=1S/C20H23N3O4/c1-13(2)14-5-7-16(8-6-14)22-19(24)20(25)23-21-12-15-11-17(26-3)9-10-18(15)27-4/h5-13H,1-4H3,(H,22,24)(H,23,25)/b21-12-. The fourth-order valence-corrected chi connectivity index (χ4v) is 2.29. The van der Waals surface area contributed by atoms with Gasteiger partial charge in [-0.15, -0.1) is 0 Å². The van der Waals surface area contributed by atoms with Crippen LogP contribution >= 0.6 is 0 Å². The molecule has 0 aliphatic rings. The summed E-state index contributed by atoms with van der Waals surface area (Å²) in [6.07, 6.45) is 1.38. The Balaban J connectivity index is 1.96. The van der Waals surface area contributed by atoms with Crippen molar-refractivity contribution in [3.63, 3.8) is 0 Å². The zero-order valence-corrected chi connectivity index (χ0v) is 15.8. The molecule has 7 nitrogen and oxygen atoms in total. The van der Waals surface area contributed by atoms with E-state index >= 15 is 0 Å². The second-order valence-corrected chi connectivity index (χ2v) is 6.04. The van der Waals surface area contributed by atoms with Crippen molar-refractivity contribution in [3.8, 4) is 11.5 Å². The maximum absolute atomic E-state index is 12.0. The second kappa shape index (κ2) is 9.38. The van der Waals surface area contributed by atoms with Crippen LogP contribution in [0.3, 0.4) is 0 Å². The number of rotatable bonds is 6. The monoisotopic (exact) mass is 369 g/mol. The maximum atomic E-state index is 12.0. The molecule has 0 fully saturated rings. The summed E-state index contributed by atoms with van der Waals surface area (Å²) in [5.74, 6) is -0.112. The average molecular weight is 369 g/mol. The summed E-state index contributed by atoms with van der Waals surface area (Å²) >= 11 is 0. The summed E-state index contributed by atoms with van der Waals surface area (Å²) in [6, 6.07) is 12.5. The molecule has 0 radical (unpaired) electrons. The van der Waals surface area contributed by atoms with Crippen molar-refractivity contribution in [2.75, 3.05) is 19.5 Å². The van der Waals surface area contributed by atoms with E-state index in [9.17, 15) is 9.59 Å². The predicted octanol–water partition coefficient (Wildman–Crippen LogP) is 2.92. The second-order valence-electron chi connectivity index (χ2n) is 6.04. The van der Waals surface area contributed by atoms with Gasteiger partial charge in [0.15, 0.2) is 0 Å². The first-order valence-corrected chi connectivity index (χ1v) is 8.41. The lowest BCUT2D eigenvalue weighted by atomic mass is 10.0. The van der Waals surface area contributed by atoms with Gasteiger partial charge in [-0.1, -0.05) is 26.0 Å². The van der Waals surface area contributed by atoms with Crippen molar-refractivity contribution in [3.05, 3.63) is 53.6 Å². The molecule has 0 bridgehead atoms. The number of carbonyl (C=O) groups excluding carboxylic acids is 2. The molecular weight excluding hydrogens is 346 g/mol. The Morgan fingerprint density at radius 3 is 2.30 bits per heavy atom. The smallest absolute Gasteiger partial charge is 0.329 e. The number of hydrogen-bond donors (Lipinski definition) is 2. The van der Waals surface area contributed by atoms with E-state index in [0.29, 0.717) is 28.7 Å². The first-order valence-electron chi connectivity index (χ1n) is 8.41. The van der Waals surface area contributed by atoms with Crippen LogP contribution in [0.15, 0.2) is 47.6 Å². The number of amides is 2. The van der Waals surface area contributed by atoms with E-state index in [4.69, 9.17) is 9.47 Å². The topological polar surface area (TPSA) is 89.0 Å². The molecule has 0 aliphatic heterocycles. The molecule has 2 aromatic rings. The van der Waals surface area contributed by atoms with Crippen LogP contribution in [0.5, 0.6) is 11.5 Å². The van der Waals surface area contributed by atoms with Crippen molar-refractivity contribution in [2.24, 2.45) is 5.10 Å². The van der Waals surface area contributed by atoms with Gasteiger partial charge in [0, 0.05) is 11.3 Å². The Hall–Kier alpha value is -3.35. The van der Waals surface area contributed by atoms with Crippen LogP contribution in [0.4, 0.5) is 5.69 Å². The normalized spacial score (nSPS) is 10.7. The first kappa shape index (κ1) is 20.0. The van der Waals surface area contributed by atoms with Gasteiger partial charge in [0.1, 0.15) is 11.5 Å². The Labute approximate surface area is 158 Å². The van der Waals surface area contributed by atoms with Gasteiger partial charge in [0.25, 0.3) is 0 Å². The Kier molecular flexibility index (Phi) is 6.93. The fraction of sp³-hybridized carbons (Fsp3) is 0.250. The molecular formula is C20H23N3O4. The first-order chi connectivity index (χ1) is 12.9. The average Bonchev–Trinajstić information content (AvgIpc) is 2.68. The third-order valence-electron chi connectivity index (χ3n) is 3.85. The molecule has 0 aliphatic carbocycles. The number of carbonyl (C=O) groups is 2. The molecule has 0 spiro atoms. The van der Waals surface area contributed by atoms with E-state index in [0.717, 1.165) is 5.56 Å². The van der Waals surface area contributed by atoms with Gasteiger partial charge < -0.3 is 14.8 Å². The lowest BCUT2D eigenvalue weighted by Crippen LogP contribution is -2.32. The number of nitrogens with zero attached hydrogens (tertiary/aromatic N) is 1. The molecule has 0 saturated heterocycles. The summed E-state index contributed by atoms with van der Waals surface area (Å²) in [4.78, 5) is 23.9. The summed E-state index contributed by atoms with van der Waals surface area (Å²) in [6.45, 7) is 4.16.